The van der Waals surface area contributed by atoms with Gasteiger partial charge in [-0.25, -0.2) is 4.98 Å². The molecule has 1 aliphatic heterocycles. The number of nitrogens with two attached hydrogens (primary N) is 1. The third-order valence-corrected chi connectivity index (χ3v) is 7.95. The van der Waals surface area contributed by atoms with Gasteiger partial charge in [-0.1, -0.05) is 36.4 Å². The number of aromatic nitrogens is 3. The van der Waals surface area contributed by atoms with Crippen LogP contribution in [0.5, 0.6) is 0 Å². The number of rotatable bonds is 9. The van der Waals surface area contributed by atoms with Gasteiger partial charge in [0.1, 0.15) is 11.9 Å². The Morgan fingerprint density at radius 3 is 2.69 bits per heavy atom. The van der Waals surface area contributed by atoms with Crippen molar-refractivity contribution in [1.29, 1.82) is 0 Å². The molecule has 4 aromatic rings. The second-order valence-corrected chi connectivity index (χ2v) is 10.6. The predicted octanol–water partition coefficient (Wildman–Crippen LogP) is 4.93. The Labute approximate surface area is 229 Å². The number of hydrogen-bond donors (Lipinski definition) is 2. The molecule has 2 aliphatic rings. The molecule has 1 atom stereocenters. The highest BCUT2D eigenvalue weighted by atomic mass is 16.5. The number of aryl methyl sites for hydroxylation is 1. The van der Waals surface area contributed by atoms with Crippen molar-refractivity contribution in [2.45, 2.75) is 51.7 Å². The van der Waals surface area contributed by atoms with Crippen LogP contribution in [0, 0.1) is 6.92 Å². The molecule has 3 N–H and O–H groups in total. The van der Waals surface area contributed by atoms with Crippen LogP contribution in [0.3, 0.4) is 0 Å². The summed E-state index contributed by atoms with van der Waals surface area (Å²) in [7, 11) is 0. The van der Waals surface area contributed by atoms with Crippen LogP contribution in [0.2, 0.25) is 0 Å². The molecule has 2 aromatic carbocycles. The Bertz CT molecular complexity index is 1480. The number of anilines is 1. The average molecular weight is 525 g/mol. The van der Waals surface area contributed by atoms with Crippen molar-refractivity contribution in [2.24, 2.45) is 5.73 Å². The first-order valence-electron chi connectivity index (χ1n) is 14.0. The van der Waals surface area contributed by atoms with Crippen LogP contribution in [0.25, 0.3) is 16.9 Å². The summed E-state index contributed by atoms with van der Waals surface area (Å²) in [5.41, 5.74) is 11.3. The largest absolute Gasteiger partial charge is 0.371 e. The smallest absolute Gasteiger partial charge is 0.249 e. The minimum atomic E-state index is -0.444. The van der Waals surface area contributed by atoms with E-state index in [0.29, 0.717) is 24.7 Å². The lowest BCUT2D eigenvalue weighted by Crippen LogP contribution is -2.26. The molecule has 0 saturated carbocycles. The van der Waals surface area contributed by atoms with Gasteiger partial charge in [-0.05, 0) is 75.9 Å². The Morgan fingerprint density at radius 1 is 1.08 bits per heavy atom. The van der Waals surface area contributed by atoms with Crippen LogP contribution >= 0.6 is 0 Å². The molecule has 0 bridgehead atoms. The molecule has 202 valence electrons. The second-order valence-electron chi connectivity index (χ2n) is 10.6. The van der Waals surface area contributed by atoms with Crippen LogP contribution in [0.4, 0.5) is 5.82 Å². The van der Waals surface area contributed by atoms with Gasteiger partial charge in [-0.2, -0.15) is 4.98 Å². The average Bonchev–Trinajstić information content (AvgIpc) is 3.59. The molecule has 1 saturated heterocycles. The lowest BCUT2D eigenvalue weighted by atomic mass is 9.93. The van der Waals surface area contributed by atoms with Crippen LogP contribution in [-0.2, 0) is 17.7 Å². The summed E-state index contributed by atoms with van der Waals surface area (Å²) in [6, 6.07) is 17.9. The Hall–Kier alpha value is -3.75. The minimum absolute atomic E-state index is 0.0707. The van der Waals surface area contributed by atoms with Crippen molar-refractivity contribution < 1.29 is 9.53 Å². The normalized spacial score (nSPS) is 17.4. The summed E-state index contributed by atoms with van der Waals surface area (Å²) in [6.07, 6.45) is 5.38. The molecule has 1 aliphatic carbocycles. The Kier molecular flexibility index (Phi) is 7.30. The molecule has 1 unspecified atom stereocenters. The van der Waals surface area contributed by atoms with Crippen molar-refractivity contribution in [3.8, 4) is 5.95 Å². The van der Waals surface area contributed by atoms with Crippen LogP contribution in [-0.4, -0.2) is 51.6 Å². The van der Waals surface area contributed by atoms with Gasteiger partial charge in [-0.15, -0.1) is 0 Å². The quantitative estimate of drug-likeness (QED) is 0.322. The first-order chi connectivity index (χ1) is 19.1. The van der Waals surface area contributed by atoms with E-state index in [-0.39, 0.29) is 6.10 Å². The summed E-state index contributed by atoms with van der Waals surface area (Å²) >= 11 is 0. The Morgan fingerprint density at radius 2 is 1.90 bits per heavy atom. The fourth-order valence-electron chi connectivity index (χ4n) is 5.97. The number of carbonyl (C=O) groups excluding carboxylic acids is 1. The number of hydrogen-bond acceptors (Lipinski definition) is 6. The molecule has 1 amide bonds. The molecule has 1 fully saturated rings. The number of primary amides is 1. The lowest BCUT2D eigenvalue weighted by Gasteiger charge is -2.28. The number of ether oxygens (including phenoxy) is 1. The maximum Gasteiger partial charge on any atom is 0.249 e. The SMILES string of the molecule is Cc1cc2c(C(N)=O)cccc2n1-c1nc(NCc2ccccc2)c2c(n1)C(OCCN1CCCC1)CCC2. The highest BCUT2D eigenvalue weighted by molar-refractivity contribution is 6.06. The number of carbonyl (C=O) groups is 1. The van der Waals surface area contributed by atoms with Gasteiger partial charge in [0.25, 0.3) is 0 Å². The number of fused-ring (bicyclic) bond motifs is 2. The molecular formula is C31H36N6O2. The third-order valence-electron chi connectivity index (χ3n) is 7.95. The molecule has 2 aromatic heterocycles. The number of nitrogens with zero attached hydrogens (tertiary/aromatic N) is 4. The van der Waals surface area contributed by atoms with Crippen molar-refractivity contribution in [3.05, 3.63) is 82.7 Å². The van der Waals surface area contributed by atoms with Gasteiger partial charge in [0.05, 0.1) is 17.8 Å². The molecular weight excluding hydrogens is 488 g/mol. The summed E-state index contributed by atoms with van der Waals surface area (Å²) in [6.45, 7) is 6.66. The summed E-state index contributed by atoms with van der Waals surface area (Å²) in [5, 5.41) is 4.41. The van der Waals surface area contributed by atoms with Gasteiger partial charge >= 0.3 is 0 Å². The Balaban J connectivity index is 1.39. The maximum atomic E-state index is 12.1. The zero-order valence-corrected chi connectivity index (χ0v) is 22.5. The summed E-state index contributed by atoms with van der Waals surface area (Å²) in [4.78, 5) is 24.8. The van der Waals surface area contributed by atoms with Crippen LogP contribution in [0.1, 0.15) is 64.7 Å². The van der Waals surface area contributed by atoms with E-state index in [1.807, 2.05) is 47.9 Å². The van der Waals surface area contributed by atoms with Gasteiger partial charge < -0.3 is 20.7 Å². The number of benzene rings is 2. The van der Waals surface area contributed by atoms with Crippen LogP contribution in [0.15, 0.2) is 54.6 Å². The van der Waals surface area contributed by atoms with Crippen molar-refractivity contribution in [3.63, 3.8) is 0 Å². The van der Waals surface area contributed by atoms with E-state index in [0.717, 1.165) is 72.6 Å². The molecule has 8 heteroatoms. The standard InChI is InChI=1S/C31H36N6O2/c1-21-19-25-23(29(32)38)11-7-13-26(25)37(21)31-34-28-24(30(35-31)33-20-22-9-3-2-4-10-22)12-8-14-27(28)39-18-17-36-15-5-6-16-36/h2-4,7,9-11,13,19,27H,5-6,8,12,14-18,20H2,1H3,(H2,32,38)(H,33,34,35). The van der Waals surface area contributed by atoms with Gasteiger partial charge in [0.2, 0.25) is 11.9 Å². The first kappa shape index (κ1) is 25.5. The molecule has 8 nitrogen and oxygen atoms in total. The van der Waals surface area contributed by atoms with Gasteiger partial charge in [0.15, 0.2) is 0 Å². The van der Waals surface area contributed by atoms with E-state index in [2.05, 4.69) is 22.3 Å². The zero-order chi connectivity index (χ0) is 26.8. The third kappa shape index (κ3) is 5.27. The highest BCUT2D eigenvalue weighted by Crippen LogP contribution is 2.36. The predicted molar refractivity (Wildman–Crippen MR) is 153 cm³/mol. The van der Waals surface area contributed by atoms with E-state index in [9.17, 15) is 4.79 Å². The number of nitrogens with one attached hydrogen (secondary N) is 1. The first-order valence-corrected chi connectivity index (χ1v) is 14.0. The van der Waals surface area contributed by atoms with Gasteiger partial charge in [-0.3, -0.25) is 9.36 Å². The number of amides is 1. The fraction of sp³-hybridized carbons (Fsp3) is 0.387. The van der Waals surface area contributed by atoms with Crippen molar-refractivity contribution in [1.82, 2.24) is 19.4 Å². The zero-order valence-electron chi connectivity index (χ0n) is 22.5. The van der Waals surface area contributed by atoms with E-state index in [1.165, 1.54) is 18.4 Å². The lowest BCUT2D eigenvalue weighted by molar-refractivity contribution is 0.0267. The number of likely N-dealkylation sites (tertiary alicyclic amines) is 1. The minimum Gasteiger partial charge on any atom is -0.371 e. The molecule has 0 radical (unpaired) electrons. The van der Waals surface area contributed by atoms with E-state index in [1.54, 1.807) is 6.07 Å². The van der Waals surface area contributed by atoms with E-state index < -0.39 is 5.91 Å². The summed E-state index contributed by atoms with van der Waals surface area (Å²) in [5.74, 6) is 0.980. The molecule has 3 heterocycles. The topological polar surface area (TPSA) is 98.3 Å². The van der Waals surface area contributed by atoms with E-state index >= 15 is 0 Å². The fourth-order valence-corrected chi connectivity index (χ4v) is 5.97. The van der Waals surface area contributed by atoms with Crippen LogP contribution < -0.4 is 11.1 Å². The summed E-state index contributed by atoms with van der Waals surface area (Å²) < 4.78 is 8.52. The molecule has 0 spiro atoms. The maximum absolute atomic E-state index is 12.1. The molecule has 6 rings (SSSR count). The monoisotopic (exact) mass is 524 g/mol. The van der Waals surface area contributed by atoms with Gasteiger partial charge in [0, 0.05) is 35.3 Å². The molecule has 39 heavy (non-hydrogen) atoms. The highest BCUT2D eigenvalue weighted by Gasteiger charge is 2.28. The second kappa shape index (κ2) is 11.2. The van der Waals surface area contributed by atoms with Crippen molar-refractivity contribution in [2.75, 3.05) is 31.6 Å². The van der Waals surface area contributed by atoms with E-state index in [4.69, 9.17) is 20.4 Å². The van der Waals surface area contributed by atoms with Crippen molar-refractivity contribution >= 4 is 22.6 Å².